The summed E-state index contributed by atoms with van der Waals surface area (Å²) in [6, 6.07) is 20.1. The number of aromatic carboxylic acids is 1. The van der Waals surface area contributed by atoms with E-state index in [1.165, 1.54) is 36.6 Å². The number of fused-ring (bicyclic) bond motifs is 1. The van der Waals surface area contributed by atoms with Gasteiger partial charge >= 0.3 is 11.9 Å². The van der Waals surface area contributed by atoms with Crippen molar-refractivity contribution in [1.29, 1.82) is 0 Å². The maximum Gasteiger partial charge on any atom is 0.335 e. The Kier molecular flexibility index (Phi) is 10.9. The summed E-state index contributed by atoms with van der Waals surface area (Å²) >= 11 is 1.46. The first-order valence-electron chi connectivity index (χ1n) is 15.6. The van der Waals surface area contributed by atoms with Crippen LogP contribution in [0.15, 0.2) is 77.7 Å². The van der Waals surface area contributed by atoms with Crippen molar-refractivity contribution in [2.75, 3.05) is 18.9 Å². The predicted octanol–water partition coefficient (Wildman–Crippen LogP) is 5.88. The number of nitrogens with zero attached hydrogens (tertiary/aromatic N) is 1. The van der Waals surface area contributed by atoms with E-state index in [-0.39, 0.29) is 47.1 Å². The number of rotatable bonds is 14. The lowest BCUT2D eigenvalue weighted by Gasteiger charge is -2.16. The van der Waals surface area contributed by atoms with Gasteiger partial charge < -0.3 is 15.5 Å². The molecule has 0 radical (unpaired) electrons. The number of Topliss-reactive ketones (excluding diaryl/α,β-unsaturated/α-hetero) is 1. The third kappa shape index (κ3) is 8.25. The second-order valence-corrected chi connectivity index (χ2v) is 15.0. The van der Waals surface area contributed by atoms with Gasteiger partial charge in [-0.1, -0.05) is 36.4 Å². The molecule has 1 aromatic heterocycles. The van der Waals surface area contributed by atoms with Gasteiger partial charge in [0, 0.05) is 41.0 Å². The maximum absolute atomic E-state index is 13.7. The number of carbonyl (C=O) groups excluding carboxylic acids is 2. The molecule has 5 rings (SSSR count). The van der Waals surface area contributed by atoms with Crippen molar-refractivity contribution in [3.05, 3.63) is 116 Å². The van der Waals surface area contributed by atoms with E-state index in [0.29, 0.717) is 16.1 Å². The summed E-state index contributed by atoms with van der Waals surface area (Å²) in [5.74, 6) is -2.69. The topological polar surface area (TPSA) is 158 Å². The Hall–Kier alpha value is -4.65. The van der Waals surface area contributed by atoms with Crippen LogP contribution in [0.5, 0.6) is 0 Å². The molecule has 0 saturated carbocycles. The Balaban J connectivity index is 1.29. The lowest BCUT2D eigenvalue weighted by molar-refractivity contribution is -0.137. The van der Waals surface area contributed by atoms with Crippen molar-refractivity contribution < 1.29 is 37.8 Å². The number of carbonyl (C=O) groups is 4. The molecule has 10 nitrogen and oxygen atoms in total. The van der Waals surface area contributed by atoms with Gasteiger partial charge in [-0.25, -0.2) is 17.5 Å². The van der Waals surface area contributed by atoms with E-state index in [2.05, 4.69) is 5.32 Å². The minimum Gasteiger partial charge on any atom is -0.481 e. The van der Waals surface area contributed by atoms with Crippen LogP contribution in [-0.2, 0) is 46.9 Å². The zero-order chi connectivity index (χ0) is 34.4. The quantitative estimate of drug-likeness (QED) is 0.139. The van der Waals surface area contributed by atoms with E-state index in [1.54, 1.807) is 18.2 Å². The zero-order valence-electron chi connectivity index (χ0n) is 26.4. The van der Waals surface area contributed by atoms with Gasteiger partial charge in [0.2, 0.25) is 10.0 Å². The third-order valence-electron chi connectivity index (χ3n) is 8.41. The highest BCUT2D eigenvalue weighted by atomic mass is 32.2. The molecule has 250 valence electrons. The zero-order valence-corrected chi connectivity index (χ0v) is 28.0. The molecule has 0 unspecified atom stereocenters. The summed E-state index contributed by atoms with van der Waals surface area (Å²) in [4.78, 5) is 50.9. The lowest BCUT2D eigenvalue weighted by Crippen LogP contribution is -2.29. The van der Waals surface area contributed by atoms with Gasteiger partial charge in [0.15, 0.2) is 5.78 Å². The summed E-state index contributed by atoms with van der Waals surface area (Å²) in [6.07, 6.45) is 4.59. The number of aliphatic carboxylic acids is 1. The molecule has 48 heavy (non-hydrogen) atoms. The molecule has 3 aromatic carbocycles. The number of anilines is 1. The average Bonchev–Trinajstić information content (AvgIpc) is 3.44. The van der Waals surface area contributed by atoms with E-state index >= 15 is 0 Å². The summed E-state index contributed by atoms with van der Waals surface area (Å²) in [7, 11) is -2.71. The van der Waals surface area contributed by atoms with E-state index in [0.717, 1.165) is 64.4 Å². The van der Waals surface area contributed by atoms with Crippen LogP contribution in [0.4, 0.5) is 5.69 Å². The minimum atomic E-state index is -4.01. The molecule has 0 saturated heterocycles. The highest BCUT2D eigenvalue weighted by Gasteiger charge is 2.28. The Morgan fingerprint density at radius 3 is 2.15 bits per heavy atom. The van der Waals surface area contributed by atoms with E-state index in [1.807, 2.05) is 36.4 Å². The number of benzene rings is 3. The van der Waals surface area contributed by atoms with Crippen LogP contribution < -0.4 is 5.32 Å². The molecule has 0 bridgehead atoms. The van der Waals surface area contributed by atoms with E-state index < -0.39 is 22.0 Å². The van der Waals surface area contributed by atoms with Crippen LogP contribution >= 0.6 is 11.3 Å². The molecule has 0 atom stereocenters. The largest absolute Gasteiger partial charge is 0.481 e. The number of thiophene rings is 1. The number of hydrogen-bond acceptors (Lipinski definition) is 7. The molecular weight excluding hydrogens is 653 g/mol. The second kappa shape index (κ2) is 15.1. The summed E-state index contributed by atoms with van der Waals surface area (Å²) < 4.78 is 27.0. The van der Waals surface area contributed by atoms with Crippen LogP contribution in [-0.4, -0.2) is 60.2 Å². The van der Waals surface area contributed by atoms with Crippen LogP contribution in [0, 0.1) is 0 Å². The fraction of sp³-hybridized carbons (Fsp3) is 0.278. The Morgan fingerprint density at radius 1 is 0.854 bits per heavy atom. The molecule has 0 aliphatic heterocycles. The number of sulfonamides is 1. The van der Waals surface area contributed by atoms with Crippen LogP contribution in [0.25, 0.3) is 0 Å². The van der Waals surface area contributed by atoms with Gasteiger partial charge in [-0.05, 0) is 91.6 Å². The number of amides is 1. The minimum absolute atomic E-state index is 0.0643. The number of carboxylic acid groups (broad SMARTS) is 2. The molecular formula is C36H36N2O8S2. The van der Waals surface area contributed by atoms with Crippen LogP contribution in [0.1, 0.15) is 76.8 Å². The molecule has 1 aliphatic rings. The third-order valence-corrected chi connectivity index (χ3v) is 11.6. The molecule has 4 aromatic rings. The highest BCUT2D eigenvalue weighted by Crippen LogP contribution is 2.36. The molecule has 0 fully saturated rings. The number of ketones is 1. The number of hydrogen-bond donors (Lipinski definition) is 3. The number of carboxylic acids is 2. The summed E-state index contributed by atoms with van der Waals surface area (Å²) in [6.45, 7) is -0.206. The monoisotopic (exact) mass is 688 g/mol. The van der Waals surface area contributed by atoms with Gasteiger partial charge in [-0.3, -0.25) is 14.4 Å². The number of nitrogens with one attached hydrogen (secondary N) is 1. The first kappa shape index (κ1) is 34.7. The molecule has 0 spiro atoms. The molecule has 1 heterocycles. The fourth-order valence-corrected chi connectivity index (χ4v) is 8.30. The normalized spacial score (nSPS) is 12.8. The van der Waals surface area contributed by atoms with Gasteiger partial charge in [0.25, 0.3) is 5.91 Å². The second-order valence-electron chi connectivity index (χ2n) is 11.8. The number of aryl methyl sites for hydroxylation is 3. The Bertz CT molecular complexity index is 1950. The van der Waals surface area contributed by atoms with Crippen molar-refractivity contribution in [2.45, 2.75) is 56.3 Å². The first-order valence-corrected chi connectivity index (χ1v) is 17.9. The Labute approximate surface area is 283 Å². The highest BCUT2D eigenvalue weighted by molar-refractivity contribution is 7.89. The predicted molar refractivity (Wildman–Crippen MR) is 183 cm³/mol. The van der Waals surface area contributed by atoms with Gasteiger partial charge in [-0.15, -0.1) is 11.3 Å². The van der Waals surface area contributed by atoms with Crippen LogP contribution in [0.3, 0.4) is 0 Å². The summed E-state index contributed by atoms with van der Waals surface area (Å²) in [5.41, 5.74) is 4.62. The van der Waals surface area contributed by atoms with Gasteiger partial charge in [-0.2, -0.15) is 0 Å². The average molecular weight is 689 g/mol. The van der Waals surface area contributed by atoms with Gasteiger partial charge in [0.05, 0.1) is 22.4 Å². The lowest BCUT2D eigenvalue weighted by atomic mass is 9.93. The van der Waals surface area contributed by atoms with Crippen molar-refractivity contribution in [1.82, 2.24) is 4.31 Å². The molecule has 12 heteroatoms. The molecule has 1 amide bonds. The SMILES string of the molecule is CN(CCC(=O)O)S(=O)(=O)c1cccc(C(=O)Cc2sc3c(c2C(=O)Nc2ccc(CCc4ccc(C(=O)O)cc4)cc2)CCCC3)c1. The standard InChI is InChI=1S/C36H36N2O8S2/c1-38(20-19-33(40)41)48(45,46)28-6-4-5-26(21-28)30(39)22-32-34(29-7-2-3-8-31(29)47-32)35(42)37-27-17-13-24(14-18-27)10-9-23-11-15-25(16-12-23)36(43)44/h4-6,11-18,21H,2-3,7-10,19-20,22H2,1H3,(H,37,42)(H,40,41)(H,43,44). The molecule has 3 N–H and O–H groups in total. The molecule has 1 aliphatic carbocycles. The van der Waals surface area contributed by atoms with Crippen LogP contribution in [0.2, 0.25) is 0 Å². The smallest absolute Gasteiger partial charge is 0.335 e. The van der Waals surface area contributed by atoms with Crippen molar-refractivity contribution in [3.8, 4) is 0 Å². The van der Waals surface area contributed by atoms with Crippen molar-refractivity contribution in [2.24, 2.45) is 0 Å². The Morgan fingerprint density at radius 2 is 1.50 bits per heavy atom. The van der Waals surface area contributed by atoms with E-state index in [9.17, 15) is 27.6 Å². The van der Waals surface area contributed by atoms with Crippen molar-refractivity contribution >= 4 is 50.7 Å². The van der Waals surface area contributed by atoms with Crippen molar-refractivity contribution in [3.63, 3.8) is 0 Å². The fourth-order valence-electron chi connectivity index (χ4n) is 5.69. The first-order chi connectivity index (χ1) is 22.9. The van der Waals surface area contributed by atoms with E-state index in [4.69, 9.17) is 10.2 Å². The maximum atomic E-state index is 13.7. The summed E-state index contributed by atoms with van der Waals surface area (Å²) in [5, 5.41) is 21.0. The van der Waals surface area contributed by atoms with Gasteiger partial charge in [0.1, 0.15) is 0 Å².